The molecule has 2 heterocycles. The molecule has 2 aromatic heterocycles. The molecule has 5 nitrogen and oxygen atoms in total. The molecule has 2 N–H and O–H groups in total. The number of aliphatic carboxylic acids is 1. The summed E-state index contributed by atoms with van der Waals surface area (Å²) in [6.07, 6.45) is 0.956. The van der Waals surface area contributed by atoms with Crippen molar-refractivity contribution in [2.75, 3.05) is 11.1 Å². The fourth-order valence-electron chi connectivity index (χ4n) is 1.46. The summed E-state index contributed by atoms with van der Waals surface area (Å²) < 4.78 is 0.672. The van der Waals surface area contributed by atoms with E-state index in [-0.39, 0.29) is 11.8 Å². The van der Waals surface area contributed by atoms with Gasteiger partial charge in [-0.15, -0.1) is 21.5 Å². The van der Waals surface area contributed by atoms with Crippen molar-refractivity contribution in [3.05, 3.63) is 22.4 Å². The Kier molecular flexibility index (Phi) is 5.17. The van der Waals surface area contributed by atoms with Gasteiger partial charge in [-0.25, -0.2) is 0 Å². The number of rotatable bonds is 7. The van der Waals surface area contributed by atoms with Gasteiger partial charge in [0, 0.05) is 4.88 Å². The van der Waals surface area contributed by atoms with Crippen molar-refractivity contribution in [2.45, 2.75) is 23.7 Å². The standard InChI is InChI=1S/C11H13N3O2S3/c1-2-7(8-4-3-5-17-8)12-10-13-14-11(19-10)18-6-9(15)16/h3-5,7H,2,6H2,1H3,(H,12,13)(H,15,16). The van der Waals surface area contributed by atoms with Crippen LogP contribution in [0, 0.1) is 0 Å². The normalized spacial score (nSPS) is 12.3. The first-order chi connectivity index (χ1) is 9.19. The van der Waals surface area contributed by atoms with Crippen LogP contribution in [0.15, 0.2) is 21.9 Å². The summed E-state index contributed by atoms with van der Waals surface area (Å²) in [6.45, 7) is 2.11. The van der Waals surface area contributed by atoms with E-state index < -0.39 is 5.97 Å². The van der Waals surface area contributed by atoms with Crippen molar-refractivity contribution < 1.29 is 9.90 Å². The Hall–Kier alpha value is -1.12. The predicted octanol–water partition coefficient (Wildman–Crippen LogP) is 3.34. The SMILES string of the molecule is CCC(Nc1nnc(SCC(=O)O)s1)c1cccs1. The van der Waals surface area contributed by atoms with Crippen LogP contribution in [0.1, 0.15) is 24.3 Å². The van der Waals surface area contributed by atoms with Crippen LogP contribution >= 0.6 is 34.4 Å². The number of nitrogens with zero attached hydrogens (tertiary/aromatic N) is 2. The van der Waals surface area contributed by atoms with Crippen LogP contribution < -0.4 is 5.32 Å². The average molecular weight is 315 g/mol. The fraction of sp³-hybridized carbons (Fsp3) is 0.364. The number of hydrogen-bond acceptors (Lipinski definition) is 7. The lowest BCUT2D eigenvalue weighted by molar-refractivity contribution is -0.133. The number of anilines is 1. The van der Waals surface area contributed by atoms with Gasteiger partial charge < -0.3 is 10.4 Å². The second kappa shape index (κ2) is 6.88. The third-order valence-electron chi connectivity index (χ3n) is 2.32. The second-order valence-electron chi connectivity index (χ2n) is 3.68. The molecule has 1 atom stereocenters. The van der Waals surface area contributed by atoms with Crippen molar-refractivity contribution >= 4 is 45.5 Å². The minimum Gasteiger partial charge on any atom is -0.481 e. The lowest BCUT2D eigenvalue weighted by Gasteiger charge is -2.13. The van der Waals surface area contributed by atoms with Gasteiger partial charge in [-0.1, -0.05) is 36.1 Å². The van der Waals surface area contributed by atoms with Crippen LogP contribution in [0.2, 0.25) is 0 Å². The maximum atomic E-state index is 10.5. The number of carboxylic acids is 1. The molecule has 0 bridgehead atoms. The molecule has 102 valence electrons. The number of aromatic nitrogens is 2. The molecule has 0 saturated heterocycles. The van der Waals surface area contributed by atoms with Gasteiger partial charge in [0.05, 0.1) is 11.8 Å². The second-order valence-corrected chi connectivity index (χ2v) is 6.86. The highest BCUT2D eigenvalue weighted by Crippen LogP contribution is 2.30. The van der Waals surface area contributed by atoms with Gasteiger partial charge >= 0.3 is 5.97 Å². The smallest absolute Gasteiger partial charge is 0.313 e. The average Bonchev–Trinajstić information content (AvgIpc) is 3.05. The van der Waals surface area contributed by atoms with E-state index in [1.807, 2.05) is 11.4 Å². The molecule has 0 aliphatic heterocycles. The molecular formula is C11H13N3O2S3. The molecule has 0 fully saturated rings. The molecule has 0 amide bonds. The highest BCUT2D eigenvalue weighted by atomic mass is 32.2. The topological polar surface area (TPSA) is 75.1 Å². The van der Waals surface area contributed by atoms with Gasteiger partial charge in [0.15, 0.2) is 4.34 Å². The Morgan fingerprint density at radius 1 is 1.58 bits per heavy atom. The third-order valence-corrected chi connectivity index (χ3v) is 5.28. The Morgan fingerprint density at radius 3 is 3.05 bits per heavy atom. The maximum absolute atomic E-state index is 10.5. The number of thioether (sulfide) groups is 1. The predicted molar refractivity (Wildman–Crippen MR) is 79.2 cm³/mol. The zero-order chi connectivity index (χ0) is 13.7. The molecule has 0 aromatic carbocycles. The molecule has 19 heavy (non-hydrogen) atoms. The number of hydrogen-bond donors (Lipinski definition) is 2. The Morgan fingerprint density at radius 2 is 2.42 bits per heavy atom. The summed E-state index contributed by atoms with van der Waals surface area (Å²) in [4.78, 5) is 11.7. The van der Waals surface area contributed by atoms with Crippen molar-refractivity contribution in [3.8, 4) is 0 Å². The maximum Gasteiger partial charge on any atom is 0.313 e. The van der Waals surface area contributed by atoms with Gasteiger partial charge in [0.2, 0.25) is 5.13 Å². The van der Waals surface area contributed by atoms with Crippen LogP contribution in [-0.2, 0) is 4.79 Å². The van der Waals surface area contributed by atoms with Crippen molar-refractivity contribution in [3.63, 3.8) is 0 Å². The number of carbonyl (C=O) groups is 1. The van der Waals surface area contributed by atoms with Gasteiger partial charge in [-0.05, 0) is 17.9 Å². The zero-order valence-corrected chi connectivity index (χ0v) is 12.6. The van der Waals surface area contributed by atoms with Crippen LogP contribution in [0.25, 0.3) is 0 Å². The Bertz CT molecular complexity index is 527. The number of thiophene rings is 1. The van der Waals surface area contributed by atoms with Gasteiger partial charge in [0.1, 0.15) is 0 Å². The first kappa shape index (κ1) is 14.3. The van der Waals surface area contributed by atoms with Crippen molar-refractivity contribution in [1.29, 1.82) is 0 Å². The molecule has 0 radical (unpaired) electrons. The van der Waals surface area contributed by atoms with Gasteiger partial charge in [-0.3, -0.25) is 4.79 Å². The van der Waals surface area contributed by atoms with Crippen LogP contribution in [-0.4, -0.2) is 27.0 Å². The summed E-state index contributed by atoms with van der Waals surface area (Å²) in [5, 5.41) is 22.7. The minimum absolute atomic E-state index is 0.0107. The van der Waals surface area contributed by atoms with Gasteiger partial charge in [0.25, 0.3) is 0 Å². The lowest BCUT2D eigenvalue weighted by atomic mass is 10.2. The molecule has 0 aliphatic rings. The van der Waals surface area contributed by atoms with E-state index in [1.54, 1.807) is 11.3 Å². The van der Waals surface area contributed by atoms with E-state index in [0.717, 1.165) is 11.6 Å². The van der Waals surface area contributed by atoms with E-state index in [9.17, 15) is 4.79 Å². The molecular weight excluding hydrogens is 302 g/mol. The van der Waals surface area contributed by atoms with Crippen LogP contribution in [0.5, 0.6) is 0 Å². The summed E-state index contributed by atoms with van der Waals surface area (Å²) in [5.41, 5.74) is 0. The van der Waals surface area contributed by atoms with E-state index >= 15 is 0 Å². The summed E-state index contributed by atoms with van der Waals surface area (Å²) in [6, 6.07) is 4.34. The number of carboxylic acid groups (broad SMARTS) is 1. The lowest BCUT2D eigenvalue weighted by Crippen LogP contribution is -2.07. The molecule has 0 saturated carbocycles. The highest BCUT2D eigenvalue weighted by molar-refractivity contribution is 8.01. The minimum atomic E-state index is -0.847. The van der Waals surface area contributed by atoms with Crippen LogP contribution in [0.3, 0.4) is 0 Å². The molecule has 0 spiro atoms. The quantitative estimate of drug-likeness (QED) is 0.763. The first-order valence-corrected chi connectivity index (χ1v) is 8.35. The van der Waals surface area contributed by atoms with E-state index in [4.69, 9.17) is 5.11 Å². The van der Waals surface area contributed by atoms with Crippen molar-refractivity contribution in [2.24, 2.45) is 0 Å². The fourth-order valence-corrected chi connectivity index (χ4v) is 3.85. The third kappa shape index (κ3) is 4.19. The van der Waals surface area contributed by atoms with E-state index in [0.29, 0.717) is 4.34 Å². The summed E-state index contributed by atoms with van der Waals surface area (Å²) in [5.74, 6) is -0.837. The molecule has 2 aromatic rings. The number of nitrogens with one attached hydrogen (secondary N) is 1. The monoisotopic (exact) mass is 315 g/mol. The Balaban J connectivity index is 1.97. The molecule has 1 unspecified atom stereocenters. The Labute approximate surface area is 123 Å². The van der Waals surface area contributed by atoms with Crippen molar-refractivity contribution in [1.82, 2.24) is 10.2 Å². The largest absolute Gasteiger partial charge is 0.481 e. The molecule has 8 heteroatoms. The van der Waals surface area contributed by atoms with Gasteiger partial charge in [-0.2, -0.15) is 0 Å². The summed E-state index contributed by atoms with van der Waals surface area (Å²) in [7, 11) is 0. The molecule has 0 aliphatic carbocycles. The van der Waals surface area contributed by atoms with E-state index in [1.165, 1.54) is 28.0 Å². The molecule has 2 rings (SSSR count). The summed E-state index contributed by atoms with van der Waals surface area (Å²) >= 11 is 4.28. The van der Waals surface area contributed by atoms with Crippen LogP contribution in [0.4, 0.5) is 5.13 Å². The highest BCUT2D eigenvalue weighted by Gasteiger charge is 2.13. The first-order valence-electron chi connectivity index (χ1n) is 5.67. The zero-order valence-electron chi connectivity index (χ0n) is 10.2. The van der Waals surface area contributed by atoms with E-state index in [2.05, 4.69) is 28.5 Å².